The van der Waals surface area contributed by atoms with Crippen LogP contribution in [0, 0.1) is 6.92 Å². The minimum atomic E-state index is -2.78. The fraction of sp³-hybridized carbons (Fsp3) is 0.545. The molecule has 2 rings (SSSR count). The fourth-order valence-electron chi connectivity index (χ4n) is 1.80. The molecule has 0 aromatic carbocycles. The lowest BCUT2D eigenvalue weighted by Crippen LogP contribution is -2.39. The highest BCUT2D eigenvalue weighted by atomic mass is 32.2. The maximum absolute atomic E-state index is 11.3. The van der Waals surface area contributed by atoms with E-state index in [2.05, 4.69) is 9.88 Å². The third kappa shape index (κ3) is 2.80. The van der Waals surface area contributed by atoms with Crippen LogP contribution in [0.25, 0.3) is 0 Å². The zero-order chi connectivity index (χ0) is 11.6. The molecule has 0 aliphatic carbocycles. The SMILES string of the molecule is Cc1cccnc1CN1CCS(=O)(=O)CC1. The molecule has 1 aliphatic heterocycles. The summed E-state index contributed by atoms with van der Waals surface area (Å²) in [6.07, 6.45) is 1.78. The Hall–Kier alpha value is -0.940. The molecule has 0 spiro atoms. The van der Waals surface area contributed by atoms with Crippen LogP contribution in [-0.4, -0.2) is 42.9 Å². The largest absolute Gasteiger partial charge is 0.295 e. The molecule has 0 unspecified atom stereocenters. The molecule has 88 valence electrons. The van der Waals surface area contributed by atoms with Gasteiger partial charge in [0, 0.05) is 25.8 Å². The summed E-state index contributed by atoms with van der Waals surface area (Å²) in [4.78, 5) is 6.47. The standard InChI is InChI=1S/C11H16N2O2S/c1-10-3-2-4-12-11(10)9-13-5-7-16(14,15)8-6-13/h2-4H,5-9H2,1H3. The Kier molecular flexibility index (Phi) is 3.25. The molecule has 4 nitrogen and oxygen atoms in total. The number of hydrogen-bond acceptors (Lipinski definition) is 4. The van der Waals surface area contributed by atoms with Gasteiger partial charge in [0.15, 0.2) is 9.84 Å². The summed E-state index contributed by atoms with van der Waals surface area (Å²) in [5.41, 5.74) is 2.21. The average molecular weight is 240 g/mol. The molecule has 1 aromatic rings. The van der Waals surface area contributed by atoms with Crippen molar-refractivity contribution in [1.82, 2.24) is 9.88 Å². The van der Waals surface area contributed by atoms with Gasteiger partial charge in [-0.2, -0.15) is 0 Å². The van der Waals surface area contributed by atoms with Crippen LogP contribution in [0.2, 0.25) is 0 Å². The number of aryl methyl sites for hydroxylation is 1. The molecular formula is C11H16N2O2S. The highest BCUT2D eigenvalue weighted by Gasteiger charge is 2.21. The van der Waals surface area contributed by atoms with E-state index in [1.54, 1.807) is 6.20 Å². The first-order valence-electron chi connectivity index (χ1n) is 5.40. The molecule has 1 fully saturated rings. The van der Waals surface area contributed by atoms with Gasteiger partial charge in [0.2, 0.25) is 0 Å². The zero-order valence-corrected chi connectivity index (χ0v) is 10.2. The number of aromatic nitrogens is 1. The van der Waals surface area contributed by atoms with E-state index < -0.39 is 9.84 Å². The average Bonchev–Trinajstić information content (AvgIpc) is 2.24. The second-order valence-corrected chi connectivity index (χ2v) is 6.50. The van der Waals surface area contributed by atoms with Crippen LogP contribution in [0.15, 0.2) is 18.3 Å². The Morgan fingerprint density at radius 2 is 2.06 bits per heavy atom. The van der Waals surface area contributed by atoms with Crippen molar-refractivity contribution < 1.29 is 8.42 Å². The van der Waals surface area contributed by atoms with Crippen molar-refractivity contribution in [3.8, 4) is 0 Å². The maximum Gasteiger partial charge on any atom is 0.152 e. The number of pyridine rings is 1. The minimum Gasteiger partial charge on any atom is -0.295 e. The van der Waals surface area contributed by atoms with E-state index >= 15 is 0 Å². The van der Waals surface area contributed by atoms with Gasteiger partial charge in [0.1, 0.15) is 0 Å². The van der Waals surface area contributed by atoms with Crippen molar-refractivity contribution in [3.05, 3.63) is 29.6 Å². The van der Waals surface area contributed by atoms with Gasteiger partial charge < -0.3 is 0 Å². The monoisotopic (exact) mass is 240 g/mol. The molecule has 0 N–H and O–H groups in total. The molecule has 1 aromatic heterocycles. The Morgan fingerprint density at radius 3 is 2.69 bits per heavy atom. The number of hydrogen-bond donors (Lipinski definition) is 0. The zero-order valence-electron chi connectivity index (χ0n) is 9.39. The highest BCUT2D eigenvalue weighted by Crippen LogP contribution is 2.10. The van der Waals surface area contributed by atoms with Crippen molar-refractivity contribution >= 4 is 9.84 Å². The molecule has 1 saturated heterocycles. The lowest BCUT2D eigenvalue weighted by molar-refractivity contribution is 0.283. The first-order valence-corrected chi connectivity index (χ1v) is 7.22. The normalized spacial score (nSPS) is 20.8. The number of rotatable bonds is 2. The predicted octanol–water partition coefficient (Wildman–Crippen LogP) is 0.620. The highest BCUT2D eigenvalue weighted by molar-refractivity contribution is 7.91. The number of sulfone groups is 1. The van der Waals surface area contributed by atoms with Crippen molar-refractivity contribution in [3.63, 3.8) is 0 Å². The molecule has 5 heteroatoms. The lowest BCUT2D eigenvalue weighted by Gasteiger charge is -2.26. The van der Waals surface area contributed by atoms with Crippen LogP contribution in [0.5, 0.6) is 0 Å². The summed E-state index contributed by atoms with van der Waals surface area (Å²) in [7, 11) is -2.78. The lowest BCUT2D eigenvalue weighted by atomic mass is 10.2. The minimum absolute atomic E-state index is 0.277. The molecule has 0 radical (unpaired) electrons. The second kappa shape index (κ2) is 4.51. The van der Waals surface area contributed by atoms with Crippen LogP contribution in [0.3, 0.4) is 0 Å². The van der Waals surface area contributed by atoms with E-state index in [0.717, 1.165) is 17.8 Å². The van der Waals surface area contributed by atoms with Gasteiger partial charge >= 0.3 is 0 Å². The van der Waals surface area contributed by atoms with Gasteiger partial charge in [0.05, 0.1) is 17.2 Å². The predicted molar refractivity (Wildman–Crippen MR) is 62.9 cm³/mol. The molecular weight excluding hydrogens is 224 g/mol. The molecule has 2 heterocycles. The van der Waals surface area contributed by atoms with Crippen molar-refractivity contribution in [1.29, 1.82) is 0 Å². The van der Waals surface area contributed by atoms with Crippen molar-refractivity contribution in [2.24, 2.45) is 0 Å². The van der Waals surface area contributed by atoms with E-state index in [-0.39, 0.29) is 11.5 Å². The third-order valence-corrected chi connectivity index (χ3v) is 4.54. The van der Waals surface area contributed by atoms with E-state index in [1.165, 1.54) is 0 Å². The first kappa shape index (κ1) is 11.5. The van der Waals surface area contributed by atoms with Gasteiger partial charge in [-0.05, 0) is 18.6 Å². The molecule has 0 atom stereocenters. The van der Waals surface area contributed by atoms with Gasteiger partial charge in [0.25, 0.3) is 0 Å². The van der Waals surface area contributed by atoms with E-state index in [0.29, 0.717) is 13.1 Å². The van der Waals surface area contributed by atoms with E-state index in [1.807, 2.05) is 19.1 Å². The Morgan fingerprint density at radius 1 is 1.38 bits per heavy atom. The van der Waals surface area contributed by atoms with Crippen LogP contribution < -0.4 is 0 Å². The van der Waals surface area contributed by atoms with Gasteiger partial charge in [-0.3, -0.25) is 9.88 Å². The second-order valence-electron chi connectivity index (χ2n) is 4.19. The Labute approximate surface area is 96.2 Å². The van der Waals surface area contributed by atoms with Gasteiger partial charge in [-0.15, -0.1) is 0 Å². The molecule has 16 heavy (non-hydrogen) atoms. The summed E-state index contributed by atoms with van der Waals surface area (Å²) in [5.74, 6) is 0.553. The van der Waals surface area contributed by atoms with Crippen molar-refractivity contribution in [2.45, 2.75) is 13.5 Å². The Balaban J connectivity index is 2.00. The molecule has 0 amide bonds. The van der Waals surface area contributed by atoms with Crippen LogP contribution in [0.4, 0.5) is 0 Å². The van der Waals surface area contributed by atoms with Crippen LogP contribution >= 0.6 is 0 Å². The fourth-order valence-corrected chi connectivity index (χ4v) is 3.08. The van der Waals surface area contributed by atoms with E-state index in [4.69, 9.17) is 0 Å². The number of nitrogens with zero attached hydrogens (tertiary/aromatic N) is 2. The van der Waals surface area contributed by atoms with Crippen LogP contribution in [0.1, 0.15) is 11.3 Å². The topological polar surface area (TPSA) is 50.3 Å². The Bertz CT molecular complexity index is 457. The van der Waals surface area contributed by atoms with E-state index in [9.17, 15) is 8.42 Å². The summed E-state index contributed by atoms with van der Waals surface area (Å²) < 4.78 is 22.5. The first-order chi connectivity index (χ1) is 7.57. The summed E-state index contributed by atoms with van der Waals surface area (Å²) >= 11 is 0. The maximum atomic E-state index is 11.3. The van der Waals surface area contributed by atoms with Gasteiger partial charge in [-0.1, -0.05) is 6.07 Å². The molecule has 0 saturated carbocycles. The quantitative estimate of drug-likeness (QED) is 0.760. The summed E-state index contributed by atoms with van der Waals surface area (Å²) in [5, 5.41) is 0. The summed E-state index contributed by atoms with van der Waals surface area (Å²) in [6, 6.07) is 3.95. The van der Waals surface area contributed by atoms with Gasteiger partial charge in [-0.25, -0.2) is 8.42 Å². The third-order valence-electron chi connectivity index (χ3n) is 2.93. The van der Waals surface area contributed by atoms with Crippen LogP contribution in [-0.2, 0) is 16.4 Å². The summed E-state index contributed by atoms with van der Waals surface area (Å²) in [6.45, 7) is 4.03. The molecule has 0 bridgehead atoms. The molecule has 1 aliphatic rings. The smallest absolute Gasteiger partial charge is 0.152 e. The van der Waals surface area contributed by atoms with Crippen molar-refractivity contribution in [2.75, 3.05) is 24.6 Å².